The molecule has 5 nitrogen and oxygen atoms in total. The van der Waals surface area contributed by atoms with Crippen LogP contribution in [0, 0.1) is 9.87 Å². The first kappa shape index (κ1) is 17.6. The zero-order valence-corrected chi connectivity index (χ0v) is 15.5. The summed E-state index contributed by atoms with van der Waals surface area (Å²) in [7, 11) is 0. The molecular formula is C18H18N2O3S2. The fourth-order valence-corrected chi connectivity index (χ4v) is 4.18. The van der Waals surface area contributed by atoms with Gasteiger partial charge < -0.3 is 10.2 Å². The number of nitrogens with zero attached hydrogens (tertiary/aromatic N) is 2. The molecule has 0 bridgehead atoms. The van der Waals surface area contributed by atoms with E-state index in [1.165, 1.54) is 15.9 Å². The quantitative estimate of drug-likeness (QED) is 0.729. The Morgan fingerprint density at radius 3 is 2.80 bits per heavy atom. The van der Waals surface area contributed by atoms with E-state index < -0.39 is 12.0 Å². The van der Waals surface area contributed by atoms with Crippen LogP contribution in [-0.2, 0) is 4.79 Å². The smallest absolute Gasteiger partial charge is 0.326 e. The van der Waals surface area contributed by atoms with Crippen LogP contribution in [0.3, 0.4) is 0 Å². The van der Waals surface area contributed by atoms with Gasteiger partial charge in [0, 0.05) is 17.4 Å². The molecule has 0 radical (unpaired) electrons. The highest BCUT2D eigenvalue weighted by atomic mass is 32.1. The Morgan fingerprint density at radius 2 is 2.12 bits per heavy atom. The molecule has 1 aromatic carbocycles. The molecular weight excluding hydrogens is 356 g/mol. The number of carboxylic acids is 1. The molecule has 2 aromatic rings. The van der Waals surface area contributed by atoms with Crippen LogP contribution in [0.15, 0.2) is 29.3 Å². The number of benzene rings is 1. The minimum atomic E-state index is -0.995. The number of hydrogen-bond donors (Lipinski definition) is 2. The number of carbonyl (C=O) groups is 1. The second-order valence-electron chi connectivity index (χ2n) is 6.28. The van der Waals surface area contributed by atoms with Gasteiger partial charge in [-0.15, -0.1) is 11.3 Å². The zero-order valence-electron chi connectivity index (χ0n) is 13.8. The Hall–Kier alpha value is -2.25. The maximum absolute atomic E-state index is 11.6. The Balaban J connectivity index is 2.04. The van der Waals surface area contributed by atoms with Gasteiger partial charge in [0.15, 0.2) is 3.95 Å². The molecule has 25 heavy (non-hydrogen) atoms. The number of para-hydroxylation sites is 1. The van der Waals surface area contributed by atoms with Crippen molar-refractivity contribution in [2.45, 2.75) is 26.3 Å². The predicted molar refractivity (Wildman–Crippen MR) is 103 cm³/mol. The molecule has 1 aliphatic heterocycles. The lowest BCUT2D eigenvalue weighted by atomic mass is 10.0. The lowest BCUT2D eigenvalue weighted by Crippen LogP contribution is -2.20. The van der Waals surface area contributed by atoms with E-state index in [4.69, 9.17) is 12.2 Å². The van der Waals surface area contributed by atoms with Crippen LogP contribution >= 0.6 is 23.6 Å². The first-order valence-corrected chi connectivity index (χ1v) is 9.13. The zero-order chi connectivity index (χ0) is 18.1. The number of aromatic nitrogens is 1. The van der Waals surface area contributed by atoms with E-state index in [0.29, 0.717) is 15.3 Å². The van der Waals surface area contributed by atoms with E-state index in [2.05, 4.69) is 4.99 Å². The van der Waals surface area contributed by atoms with Crippen LogP contribution < -0.4 is 0 Å². The van der Waals surface area contributed by atoms with Crippen molar-refractivity contribution < 1.29 is 15.0 Å². The van der Waals surface area contributed by atoms with Crippen molar-refractivity contribution in [3.8, 4) is 5.88 Å². The number of rotatable bonds is 5. The van der Waals surface area contributed by atoms with E-state index in [1.54, 1.807) is 12.3 Å². The predicted octanol–water partition coefficient (Wildman–Crippen LogP) is 4.91. The maximum atomic E-state index is 11.6. The Labute approximate surface area is 154 Å². The van der Waals surface area contributed by atoms with Gasteiger partial charge in [0.2, 0.25) is 5.88 Å². The van der Waals surface area contributed by atoms with Crippen LogP contribution in [0.1, 0.15) is 36.8 Å². The number of carboxylic acid groups (broad SMARTS) is 1. The molecule has 0 aliphatic carbocycles. The van der Waals surface area contributed by atoms with Crippen molar-refractivity contribution in [2.24, 2.45) is 10.9 Å². The largest absolute Gasteiger partial charge is 0.493 e. The molecule has 0 amide bonds. The van der Waals surface area contributed by atoms with Crippen LogP contribution in [0.5, 0.6) is 5.88 Å². The van der Waals surface area contributed by atoms with Crippen LogP contribution in [0.25, 0.3) is 11.6 Å². The number of aromatic hydroxyl groups is 1. The van der Waals surface area contributed by atoms with Gasteiger partial charge in [0.25, 0.3) is 0 Å². The van der Waals surface area contributed by atoms with E-state index in [-0.39, 0.29) is 11.8 Å². The minimum Gasteiger partial charge on any atom is -0.493 e. The second kappa shape index (κ2) is 6.93. The normalized spacial score (nSPS) is 15.7. The van der Waals surface area contributed by atoms with Gasteiger partial charge in [-0.3, -0.25) is 9.56 Å². The Bertz CT molecular complexity index is 938. The monoisotopic (exact) mass is 374 g/mol. The topological polar surface area (TPSA) is 74.8 Å². The number of fused-ring (bicyclic) bond motifs is 1. The molecule has 130 valence electrons. The molecule has 2 N–H and O–H groups in total. The number of aliphatic imine (C=N–C) groups is 1. The van der Waals surface area contributed by atoms with Gasteiger partial charge in [0.05, 0.1) is 10.6 Å². The summed E-state index contributed by atoms with van der Waals surface area (Å²) in [6, 6.07) is 6.85. The third-order valence-electron chi connectivity index (χ3n) is 3.98. The van der Waals surface area contributed by atoms with Crippen molar-refractivity contribution in [1.82, 2.24) is 4.57 Å². The summed E-state index contributed by atoms with van der Waals surface area (Å²) in [6.45, 7) is 3.88. The van der Waals surface area contributed by atoms with Gasteiger partial charge in [-0.2, -0.15) is 0 Å². The standard InChI is InChI=1S/C18H18N2O3S2/c1-10(2)7-14(17(22)23)20-16(21)15(25-18(20)24)8-11-9-19-13-6-4-3-5-12(11)13/h3-6,8-10,14,21H,7H2,1-2H3,(H,22,23). The molecule has 1 aliphatic rings. The third kappa shape index (κ3) is 3.43. The van der Waals surface area contributed by atoms with Gasteiger partial charge in [0.1, 0.15) is 6.04 Å². The third-order valence-corrected chi connectivity index (χ3v) is 5.32. The van der Waals surface area contributed by atoms with Crippen molar-refractivity contribution in [3.63, 3.8) is 0 Å². The van der Waals surface area contributed by atoms with E-state index in [1.807, 2.05) is 38.1 Å². The van der Waals surface area contributed by atoms with Gasteiger partial charge >= 0.3 is 5.97 Å². The fourth-order valence-electron chi connectivity index (χ4n) is 2.82. The van der Waals surface area contributed by atoms with Crippen molar-refractivity contribution in [2.75, 3.05) is 0 Å². The highest BCUT2D eigenvalue weighted by Crippen LogP contribution is 2.37. The Kier molecular flexibility index (Phi) is 4.87. The lowest BCUT2D eigenvalue weighted by Gasteiger charge is -2.17. The molecule has 3 rings (SSSR count). The fraction of sp³-hybridized carbons (Fsp3) is 0.278. The number of aliphatic carboxylic acids is 1. The van der Waals surface area contributed by atoms with E-state index in [0.717, 1.165) is 16.8 Å². The number of thiazole rings is 1. The molecule has 1 unspecified atom stereocenters. The van der Waals surface area contributed by atoms with Crippen molar-refractivity contribution in [3.05, 3.63) is 38.7 Å². The van der Waals surface area contributed by atoms with Crippen LogP contribution in [0.4, 0.5) is 5.69 Å². The summed E-state index contributed by atoms with van der Waals surface area (Å²) in [5, 5.41) is 20.1. The minimum absolute atomic E-state index is 0.103. The lowest BCUT2D eigenvalue weighted by molar-refractivity contribution is -0.141. The van der Waals surface area contributed by atoms with Crippen molar-refractivity contribution >= 4 is 53.1 Å². The maximum Gasteiger partial charge on any atom is 0.326 e. The summed E-state index contributed by atoms with van der Waals surface area (Å²) in [5.41, 5.74) is 2.72. The highest BCUT2D eigenvalue weighted by Gasteiger charge is 2.26. The van der Waals surface area contributed by atoms with Gasteiger partial charge in [-0.1, -0.05) is 32.0 Å². The SMILES string of the molecule is CC(C)CC(C(=O)O)n1c(O)c(C=C2C=Nc3ccccc32)sc1=S. The Morgan fingerprint density at radius 1 is 1.40 bits per heavy atom. The average molecular weight is 374 g/mol. The van der Waals surface area contributed by atoms with Gasteiger partial charge in [-0.05, 0) is 36.7 Å². The van der Waals surface area contributed by atoms with Gasteiger partial charge in [-0.25, -0.2) is 4.79 Å². The van der Waals surface area contributed by atoms with Crippen molar-refractivity contribution in [1.29, 1.82) is 0 Å². The molecule has 0 saturated heterocycles. The van der Waals surface area contributed by atoms with Crippen LogP contribution in [-0.4, -0.2) is 27.0 Å². The molecule has 0 fully saturated rings. The summed E-state index contributed by atoms with van der Waals surface area (Å²) in [5.74, 6) is -0.934. The number of allylic oxidation sites excluding steroid dienone is 1. The summed E-state index contributed by atoms with van der Waals surface area (Å²) >= 11 is 6.52. The first-order valence-electron chi connectivity index (χ1n) is 7.90. The molecule has 0 spiro atoms. The molecule has 7 heteroatoms. The molecule has 2 heterocycles. The summed E-state index contributed by atoms with van der Waals surface area (Å²) in [6.07, 6.45) is 3.93. The molecule has 1 aromatic heterocycles. The van der Waals surface area contributed by atoms with E-state index >= 15 is 0 Å². The van der Waals surface area contributed by atoms with Crippen LogP contribution in [0.2, 0.25) is 0 Å². The van der Waals surface area contributed by atoms with E-state index in [9.17, 15) is 15.0 Å². The molecule has 1 atom stereocenters. The number of hydrogen-bond acceptors (Lipinski definition) is 5. The highest BCUT2D eigenvalue weighted by molar-refractivity contribution is 7.73. The summed E-state index contributed by atoms with van der Waals surface area (Å²) < 4.78 is 1.69. The second-order valence-corrected chi connectivity index (χ2v) is 7.96. The average Bonchev–Trinajstić information content (AvgIpc) is 3.07. The first-order chi connectivity index (χ1) is 11.9. The molecule has 0 saturated carbocycles. The summed E-state index contributed by atoms with van der Waals surface area (Å²) in [4.78, 5) is 16.5.